The highest BCUT2D eigenvalue weighted by Gasteiger charge is 2.57. The van der Waals surface area contributed by atoms with Gasteiger partial charge in [0, 0.05) is 11.6 Å². The molecule has 1 saturated carbocycles. The summed E-state index contributed by atoms with van der Waals surface area (Å²) in [6.07, 6.45) is 9.36. The summed E-state index contributed by atoms with van der Waals surface area (Å²) < 4.78 is 17.7. The normalized spacial score (nSPS) is 31.3. The summed E-state index contributed by atoms with van der Waals surface area (Å²) >= 11 is 0. The van der Waals surface area contributed by atoms with Crippen LogP contribution in [-0.2, 0) is 16.6 Å². The van der Waals surface area contributed by atoms with Gasteiger partial charge in [-0.25, -0.2) is 0 Å². The van der Waals surface area contributed by atoms with Crippen molar-refractivity contribution in [3.63, 3.8) is 0 Å². The van der Waals surface area contributed by atoms with Gasteiger partial charge in [0.15, 0.2) is 17.6 Å². The van der Waals surface area contributed by atoms with Crippen LogP contribution in [0, 0.1) is 5.92 Å². The van der Waals surface area contributed by atoms with E-state index in [2.05, 4.69) is 30.5 Å². The smallest absolute Gasteiger partial charge is 0.169 e. The average molecular weight is 353 g/mol. The van der Waals surface area contributed by atoms with Gasteiger partial charge in [-0.1, -0.05) is 18.6 Å². The molecule has 0 bridgehead atoms. The van der Waals surface area contributed by atoms with Crippen molar-refractivity contribution in [3.8, 4) is 11.5 Å². The molecule has 0 amide bonds. The van der Waals surface area contributed by atoms with Crippen molar-refractivity contribution in [2.24, 2.45) is 5.92 Å². The van der Waals surface area contributed by atoms with Gasteiger partial charge in [0.05, 0.1) is 19.6 Å². The minimum atomic E-state index is -0.200. The molecule has 4 heteroatoms. The number of rotatable bonds is 5. The lowest BCUT2D eigenvalue weighted by molar-refractivity contribution is 0.117. The maximum atomic E-state index is 6.45. The van der Waals surface area contributed by atoms with E-state index in [1.807, 2.05) is 6.07 Å². The van der Waals surface area contributed by atoms with Crippen molar-refractivity contribution in [1.29, 1.82) is 0 Å². The number of allylic oxidation sites excluding steroid dienone is 2. The predicted octanol–water partition coefficient (Wildman–Crippen LogP) is 3.50. The third kappa shape index (κ3) is 2.05. The molecule has 1 aromatic rings. The molecular weight excluding hydrogens is 326 g/mol. The number of hydrogen-bond acceptors (Lipinski definition) is 4. The van der Waals surface area contributed by atoms with E-state index in [1.54, 1.807) is 14.2 Å². The number of ether oxygens (including phenoxy) is 3. The van der Waals surface area contributed by atoms with E-state index in [0.29, 0.717) is 6.04 Å². The zero-order chi connectivity index (χ0) is 17.9. The maximum absolute atomic E-state index is 6.45. The Morgan fingerprint density at radius 2 is 2.04 bits per heavy atom. The standard InChI is InChI=1S/C22H27NO3/c1-22-15-8-10-18(25-3)21(22)26-20-17(24-2)9-7-14(19(20)22)11-16(15)23-12-13-5-4-6-13/h7-10,13,16,21,23H,4-6,11-12H2,1-3H3/t16-,21+,22?/m0/s1. The lowest BCUT2D eigenvalue weighted by atomic mass is 9.62. The highest BCUT2D eigenvalue weighted by atomic mass is 16.6. The Balaban J connectivity index is 1.60. The molecule has 1 unspecified atom stereocenters. The molecule has 1 N–H and O–H groups in total. The molecule has 0 aromatic heterocycles. The molecule has 1 aromatic carbocycles. The van der Waals surface area contributed by atoms with Gasteiger partial charge in [0.25, 0.3) is 0 Å². The SMILES string of the molecule is COC1=CC=C2[C@@H](NCC3CCC3)Cc3ccc(OC)c4c3C2(C)[C@@H]1O4. The van der Waals surface area contributed by atoms with E-state index >= 15 is 0 Å². The number of methoxy groups -OCH3 is 2. The number of hydrogen-bond donors (Lipinski definition) is 1. The fraction of sp³-hybridized carbons (Fsp3) is 0.545. The van der Waals surface area contributed by atoms with Gasteiger partial charge in [-0.15, -0.1) is 0 Å². The van der Waals surface area contributed by atoms with Crippen LogP contribution in [0.15, 0.2) is 35.6 Å². The Bertz CT molecular complexity index is 808. The second-order valence-electron chi connectivity index (χ2n) is 8.19. The van der Waals surface area contributed by atoms with Crippen LogP contribution < -0.4 is 14.8 Å². The fourth-order valence-electron chi connectivity index (χ4n) is 5.23. The molecule has 3 atom stereocenters. The maximum Gasteiger partial charge on any atom is 0.169 e. The predicted molar refractivity (Wildman–Crippen MR) is 101 cm³/mol. The van der Waals surface area contributed by atoms with Crippen molar-refractivity contribution < 1.29 is 14.2 Å². The largest absolute Gasteiger partial charge is 0.497 e. The quantitative estimate of drug-likeness (QED) is 0.879. The van der Waals surface area contributed by atoms with Crippen LogP contribution in [0.25, 0.3) is 0 Å². The second kappa shape index (κ2) is 5.78. The van der Waals surface area contributed by atoms with Crippen molar-refractivity contribution in [1.82, 2.24) is 5.32 Å². The van der Waals surface area contributed by atoms with Gasteiger partial charge in [0.1, 0.15) is 5.76 Å². The molecule has 5 rings (SSSR count). The van der Waals surface area contributed by atoms with Crippen LogP contribution in [0.1, 0.15) is 37.3 Å². The van der Waals surface area contributed by atoms with E-state index in [9.17, 15) is 0 Å². The lowest BCUT2D eigenvalue weighted by Gasteiger charge is -2.44. The zero-order valence-corrected chi connectivity index (χ0v) is 15.8. The van der Waals surface area contributed by atoms with Gasteiger partial charge in [-0.3, -0.25) is 0 Å². The van der Waals surface area contributed by atoms with Crippen molar-refractivity contribution in [2.45, 2.75) is 50.2 Å². The molecule has 4 nitrogen and oxygen atoms in total. The first-order chi connectivity index (χ1) is 12.7. The van der Waals surface area contributed by atoms with Gasteiger partial charge in [-0.2, -0.15) is 0 Å². The summed E-state index contributed by atoms with van der Waals surface area (Å²) in [5.74, 6) is 3.45. The molecule has 1 aliphatic heterocycles. The van der Waals surface area contributed by atoms with Gasteiger partial charge >= 0.3 is 0 Å². The second-order valence-corrected chi connectivity index (χ2v) is 8.19. The summed E-state index contributed by atoms with van der Waals surface area (Å²) in [4.78, 5) is 0. The molecule has 1 heterocycles. The van der Waals surface area contributed by atoms with Gasteiger partial charge in [-0.05, 0) is 61.9 Å². The van der Waals surface area contributed by atoms with Gasteiger partial charge in [0.2, 0.25) is 0 Å². The van der Waals surface area contributed by atoms with Crippen LogP contribution in [0.4, 0.5) is 0 Å². The summed E-state index contributed by atoms with van der Waals surface area (Å²) in [7, 11) is 3.44. The van der Waals surface area contributed by atoms with Crippen LogP contribution in [0.2, 0.25) is 0 Å². The van der Waals surface area contributed by atoms with E-state index in [4.69, 9.17) is 14.2 Å². The summed E-state index contributed by atoms with van der Waals surface area (Å²) in [6, 6.07) is 4.62. The molecule has 138 valence electrons. The highest BCUT2D eigenvalue weighted by molar-refractivity contribution is 5.66. The van der Waals surface area contributed by atoms with E-state index in [0.717, 1.165) is 36.1 Å². The average Bonchev–Trinajstić information content (AvgIpc) is 2.93. The Labute approximate surface area is 155 Å². The van der Waals surface area contributed by atoms with Crippen LogP contribution in [0.3, 0.4) is 0 Å². The number of benzene rings is 1. The zero-order valence-electron chi connectivity index (χ0n) is 15.8. The third-order valence-electron chi connectivity index (χ3n) is 6.91. The monoisotopic (exact) mass is 353 g/mol. The minimum Gasteiger partial charge on any atom is -0.497 e. The molecule has 26 heavy (non-hydrogen) atoms. The number of nitrogens with one attached hydrogen (secondary N) is 1. The summed E-state index contributed by atoms with van der Waals surface area (Å²) in [6.45, 7) is 3.42. The van der Waals surface area contributed by atoms with E-state index in [-0.39, 0.29) is 11.5 Å². The van der Waals surface area contributed by atoms with Crippen molar-refractivity contribution in [2.75, 3.05) is 20.8 Å². The summed E-state index contributed by atoms with van der Waals surface area (Å²) in [5.41, 5.74) is 3.88. The van der Waals surface area contributed by atoms with Crippen molar-refractivity contribution in [3.05, 3.63) is 46.7 Å². The van der Waals surface area contributed by atoms with E-state index < -0.39 is 0 Å². The van der Waals surface area contributed by atoms with Crippen LogP contribution >= 0.6 is 0 Å². The van der Waals surface area contributed by atoms with Crippen molar-refractivity contribution >= 4 is 0 Å². The van der Waals surface area contributed by atoms with Gasteiger partial charge < -0.3 is 19.5 Å². The molecule has 4 aliphatic rings. The molecule has 1 fully saturated rings. The molecule has 3 aliphatic carbocycles. The molecule has 0 saturated heterocycles. The first kappa shape index (κ1) is 16.2. The highest BCUT2D eigenvalue weighted by Crippen LogP contribution is 2.58. The molecule has 0 radical (unpaired) electrons. The third-order valence-corrected chi connectivity index (χ3v) is 6.91. The Hall–Kier alpha value is -1.94. The molecule has 0 spiro atoms. The molecular formula is C22H27NO3. The fourth-order valence-corrected chi connectivity index (χ4v) is 5.23. The Morgan fingerprint density at radius 1 is 1.19 bits per heavy atom. The van der Waals surface area contributed by atoms with E-state index in [1.165, 1.54) is 36.0 Å². The minimum absolute atomic E-state index is 0.120. The Morgan fingerprint density at radius 3 is 2.73 bits per heavy atom. The summed E-state index contributed by atoms with van der Waals surface area (Å²) in [5, 5.41) is 3.87. The topological polar surface area (TPSA) is 39.7 Å². The lowest BCUT2D eigenvalue weighted by Crippen LogP contribution is -2.52. The first-order valence-corrected chi connectivity index (χ1v) is 9.73. The van der Waals surface area contributed by atoms with Crippen LogP contribution in [0.5, 0.6) is 11.5 Å². The Kier molecular flexibility index (Phi) is 3.61. The van der Waals surface area contributed by atoms with Crippen LogP contribution in [-0.4, -0.2) is 32.9 Å². The first-order valence-electron chi connectivity index (χ1n) is 9.73.